The summed E-state index contributed by atoms with van der Waals surface area (Å²) in [6, 6.07) is 86.7. The van der Waals surface area contributed by atoms with E-state index < -0.39 is 0 Å². The van der Waals surface area contributed by atoms with Crippen molar-refractivity contribution in [2.24, 2.45) is 0 Å². The van der Waals surface area contributed by atoms with Gasteiger partial charge in [0.15, 0.2) is 0 Å². The number of benzene rings is 13. The zero-order valence-electron chi connectivity index (χ0n) is 44.0. The molecule has 0 fully saturated rings. The summed E-state index contributed by atoms with van der Waals surface area (Å²) in [6.45, 7) is 8.42. The van der Waals surface area contributed by atoms with E-state index in [0.717, 1.165) is 133 Å². The van der Waals surface area contributed by atoms with Crippen molar-refractivity contribution in [3.05, 3.63) is 282 Å². The summed E-state index contributed by atoms with van der Waals surface area (Å²) in [5.74, 6) is 1.66. The van der Waals surface area contributed by atoms with Gasteiger partial charge in [0.25, 0.3) is 0 Å². The molecule has 0 bridgehead atoms. The third-order valence-corrected chi connectivity index (χ3v) is 15.3. The van der Waals surface area contributed by atoms with E-state index in [1.807, 2.05) is 60.7 Å². The zero-order chi connectivity index (χ0) is 54.1. The van der Waals surface area contributed by atoms with E-state index in [4.69, 9.17) is 16.0 Å². The molecule has 0 atom stereocenters. The zero-order valence-corrected chi connectivity index (χ0v) is 44.0. The van der Waals surface area contributed by atoms with Crippen molar-refractivity contribution in [2.45, 2.75) is 0 Å². The van der Waals surface area contributed by atoms with Crippen LogP contribution in [0.3, 0.4) is 0 Å². The van der Waals surface area contributed by atoms with Crippen LogP contribution in [0.4, 0.5) is 39.8 Å². The van der Waals surface area contributed by atoms with Gasteiger partial charge in [0.05, 0.1) is 49.1 Å². The average Bonchev–Trinajstić information content (AvgIpc) is 3.54. The van der Waals surface area contributed by atoms with E-state index >= 15 is 0 Å². The van der Waals surface area contributed by atoms with Gasteiger partial charge in [-0.15, -0.1) is 0 Å². The maximum atomic E-state index is 10.8. The predicted molar refractivity (Wildman–Crippen MR) is 336 cm³/mol. The van der Waals surface area contributed by atoms with Gasteiger partial charge >= 0.3 is 0 Å². The predicted octanol–water partition coefficient (Wildman–Crippen LogP) is 20.3. The summed E-state index contributed by atoms with van der Waals surface area (Å²) < 4.78 is 11.6. The first-order valence-corrected chi connectivity index (χ1v) is 26.5. The Morgan fingerprint density at radius 1 is 0.362 bits per heavy atom. The molecule has 0 spiro atoms. The number of nitriles is 1. The van der Waals surface area contributed by atoms with Gasteiger partial charge in [-0.3, -0.25) is 0 Å². The van der Waals surface area contributed by atoms with Crippen molar-refractivity contribution in [2.75, 3.05) is 24.0 Å². The smallest absolute Gasteiger partial charge is 0.202 e. The van der Waals surface area contributed by atoms with Crippen LogP contribution in [0.5, 0.6) is 11.5 Å². The van der Waals surface area contributed by atoms with Gasteiger partial charge in [0.2, 0.25) is 5.69 Å². The van der Waals surface area contributed by atoms with E-state index in [1.165, 1.54) is 0 Å². The first kappa shape index (κ1) is 48.7. The third kappa shape index (κ3) is 8.74. The SMILES string of the molecule is [C-]#[N+]c1c2ccc(/C=C/c3ccc(N(c4cccc5ccccc45)c4ccc(OC)c5ccccc45)cc3)cc2c(C#N)c2ccc(/C=C/c3ccc(N(c4cccc5ccccc45)c4ccc(OC)c5ccccc45)cc3)cc12. The molecule has 13 aromatic rings. The molecule has 0 aromatic heterocycles. The standard InChI is InChI=1S/C74H50N4O2/c1-76-74-64-41-35-51(28-26-49-30-36-55(37-31-49)77(68-24-12-16-53-14-4-6-18-57(53)68)70-42-44-72(79-2)62-22-10-8-20-60(62)70)46-65(64)67(48-75)59-40-34-52(47-66(59)74)29-27-50-32-38-56(39-33-50)78(69-25-13-17-54-15-5-7-19-58(54)69)71-43-45-73(80-3)63-23-11-9-21-61(63)71/h4-47H,2-3H3/b28-26+,29-27+. The lowest BCUT2D eigenvalue weighted by atomic mass is 9.93. The van der Waals surface area contributed by atoms with Crippen LogP contribution in [0.2, 0.25) is 0 Å². The number of nitrogens with zero attached hydrogens (tertiary/aromatic N) is 4. The van der Waals surface area contributed by atoms with Crippen LogP contribution in [-0.4, -0.2) is 14.2 Å². The Hall–Kier alpha value is -10.9. The molecule has 0 aliphatic carbocycles. The van der Waals surface area contributed by atoms with Gasteiger partial charge in [-0.2, -0.15) is 5.26 Å². The molecular weight excluding hydrogens is 977 g/mol. The molecule has 0 amide bonds. The summed E-state index contributed by atoms with van der Waals surface area (Å²) in [4.78, 5) is 8.75. The fraction of sp³-hybridized carbons (Fsp3) is 0.0270. The number of rotatable bonds is 12. The fourth-order valence-electron chi connectivity index (χ4n) is 11.4. The van der Waals surface area contributed by atoms with Crippen LogP contribution in [-0.2, 0) is 0 Å². The van der Waals surface area contributed by atoms with Crippen LogP contribution in [0.15, 0.2) is 243 Å². The molecule has 0 saturated heterocycles. The summed E-state index contributed by atoms with van der Waals surface area (Å²) in [6.07, 6.45) is 8.32. The van der Waals surface area contributed by atoms with Crippen LogP contribution in [0.1, 0.15) is 27.8 Å². The van der Waals surface area contributed by atoms with Gasteiger partial charge in [-0.25, -0.2) is 4.85 Å². The molecule has 0 aliphatic heterocycles. The topological polar surface area (TPSA) is 53.1 Å². The lowest BCUT2D eigenvalue weighted by Crippen LogP contribution is -2.11. The first-order chi connectivity index (χ1) is 39.5. The third-order valence-electron chi connectivity index (χ3n) is 15.3. The minimum Gasteiger partial charge on any atom is -0.496 e. The minimum absolute atomic E-state index is 0.527. The molecule has 0 unspecified atom stereocenters. The molecule has 0 saturated carbocycles. The number of anilines is 6. The van der Waals surface area contributed by atoms with Gasteiger partial charge < -0.3 is 19.3 Å². The first-order valence-electron chi connectivity index (χ1n) is 26.5. The highest BCUT2D eigenvalue weighted by Gasteiger charge is 2.22. The average molecular weight is 1030 g/mol. The van der Waals surface area contributed by atoms with Crippen LogP contribution in [0.25, 0.3) is 93.8 Å². The highest BCUT2D eigenvalue weighted by Crippen LogP contribution is 2.46. The largest absolute Gasteiger partial charge is 0.496 e. The second-order valence-electron chi connectivity index (χ2n) is 19.7. The molecule has 13 aromatic carbocycles. The Morgan fingerprint density at radius 2 is 0.750 bits per heavy atom. The van der Waals surface area contributed by atoms with E-state index in [0.29, 0.717) is 11.3 Å². The Labute approximate surface area is 464 Å². The molecule has 0 N–H and O–H groups in total. The monoisotopic (exact) mass is 1030 g/mol. The number of hydrogen-bond donors (Lipinski definition) is 0. The molecule has 0 radical (unpaired) electrons. The van der Waals surface area contributed by atoms with E-state index in [9.17, 15) is 5.26 Å². The van der Waals surface area contributed by atoms with E-state index in [-0.39, 0.29) is 0 Å². The molecular formula is C74H50N4O2. The Kier molecular flexibility index (Phi) is 12.7. The molecule has 13 rings (SSSR count). The van der Waals surface area contributed by atoms with E-state index in [1.54, 1.807) is 14.2 Å². The van der Waals surface area contributed by atoms with Crippen LogP contribution < -0.4 is 19.3 Å². The fourth-order valence-corrected chi connectivity index (χ4v) is 11.4. The molecule has 378 valence electrons. The quantitative estimate of drug-likeness (QED) is 0.0693. The summed E-state index contributed by atoms with van der Waals surface area (Å²) in [7, 11) is 3.43. The summed E-state index contributed by atoms with van der Waals surface area (Å²) >= 11 is 0. The lowest BCUT2D eigenvalue weighted by molar-refractivity contribution is 0.420. The van der Waals surface area contributed by atoms with Gasteiger partial charge in [-0.1, -0.05) is 200 Å². The van der Waals surface area contributed by atoms with Gasteiger partial charge in [-0.05, 0) is 121 Å². The highest BCUT2D eigenvalue weighted by molar-refractivity contribution is 6.16. The van der Waals surface area contributed by atoms with Crippen molar-refractivity contribution in [3.63, 3.8) is 0 Å². The molecule has 80 heavy (non-hydrogen) atoms. The van der Waals surface area contributed by atoms with Crippen molar-refractivity contribution >= 4 is 129 Å². The van der Waals surface area contributed by atoms with Crippen molar-refractivity contribution in [1.29, 1.82) is 5.26 Å². The lowest BCUT2D eigenvalue weighted by Gasteiger charge is -2.28. The maximum Gasteiger partial charge on any atom is 0.202 e. The van der Waals surface area contributed by atoms with Crippen LogP contribution >= 0.6 is 0 Å². The van der Waals surface area contributed by atoms with Crippen molar-refractivity contribution in [3.8, 4) is 17.6 Å². The number of hydrogen-bond acceptors (Lipinski definition) is 5. The molecule has 6 nitrogen and oxygen atoms in total. The number of methoxy groups -OCH3 is 2. The highest BCUT2D eigenvalue weighted by atomic mass is 16.5. The minimum atomic E-state index is 0.527. The second-order valence-corrected chi connectivity index (χ2v) is 19.7. The van der Waals surface area contributed by atoms with Crippen molar-refractivity contribution < 1.29 is 9.47 Å². The summed E-state index contributed by atoms with van der Waals surface area (Å²) in [5.41, 5.74) is 11.3. The maximum absolute atomic E-state index is 10.8. The molecule has 0 aliphatic rings. The Balaban J connectivity index is 0.797. The summed E-state index contributed by atoms with van der Waals surface area (Å²) in [5, 5.41) is 22.6. The van der Waals surface area contributed by atoms with Crippen molar-refractivity contribution in [1.82, 2.24) is 0 Å². The normalized spacial score (nSPS) is 11.5. The van der Waals surface area contributed by atoms with Gasteiger partial charge in [0.1, 0.15) is 17.6 Å². The Morgan fingerprint density at radius 3 is 1.21 bits per heavy atom. The number of ether oxygens (including phenoxy) is 2. The molecule has 0 heterocycles. The van der Waals surface area contributed by atoms with E-state index in [2.05, 4.69) is 227 Å². The molecule has 6 heteroatoms. The number of fused-ring (bicyclic) bond motifs is 6. The van der Waals surface area contributed by atoms with Crippen LogP contribution in [0, 0.1) is 17.9 Å². The second kappa shape index (κ2) is 20.9. The van der Waals surface area contributed by atoms with Gasteiger partial charge in [0, 0.05) is 43.7 Å². The Bertz CT molecular complexity index is 4410.